The molecule has 0 aromatic carbocycles. The number of halogens is 1. The summed E-state index contributed by atoms with van der Waals surface area (Å²) in [6.45, 7) is 7.16. The van der Waals surface area contributed by atoms with Crippen molar-refractivity contribution in [2.75, 3.05) is 13.1 Å². The summed E-state index contributed by atoms with van der Waals surface area (Å²) in [6.07, 6.45) is 0. The first-order valence-corrected chi connectivity index (χ1v) is 7.43. The Hall–Kier alpha value is -0.950. The van der Waals surface area contributed by atoms with E-state index in [9.17, 15) is 0 Å². The fraction of sp³-hybridized carbons (Fsp3) is 0.538. The minimum absolute atomic E-state index is 0. The molecule has 2 atom stereocenters. The van der Waals surface area contributed by atoms with E-state index >= 15 is 0 Å². The summed E-state index contributed by atoms with van der Waals surface area (Å²) in [5, 5.41) is 9.58. The van der Waals surface area contributed by atoms with Crippen molar-refractivity contribution >= 4 is 23.7 Å². The molecule has 0 spiro atoms. The molecule has 1 fully saturated rings. The van der Waals surface area contributed by atoms with Crippen molar-refractivity contribution in [1.29, 1.82) is 0 Å². The van der Waals surface area contributed by atoms with E-state index in [1.165, 1.54) is 0 Å². The molecule has 2 aromatic rings. The molecule has 0 amide bonds. The predicted molar refractivity (Wildman–Crippen MR) is 82.2 cm³/mol. The summed E-state index contributed by atoms with van der Waals surface area (Å²) >= 11 is 1.63. The highest BCUT2D eigenvalue weighted by molar-refractivity contribution is 7.13. The van der Waals surface area contributed by atoms with E-state index < -0.39 is 0 Å². The molecule has 0 bridgehead atoms. The van der Waals surface area contributed by atoms with Gasteiger partial charge in [0.1, 0.15) is 0 Å². The van der Waals surface area contributed by atoms with Gasteiger partial charge in [0.2, 0.25) is 11.7 Å². The third-order valence-corrected chi connectivity index (χ3v) is 4.07. The Bertz CT molecular complexity index is 520. The first-order valence-electron chi connectivity index (χ1n) is 6.55. The molecule has 1 aliphatic heterocycles. The van der Waals surface area contributed by atoms with E-state index in [1.807, 2.05) is 17.5 Å². The second-order valence-corrected chi connectivity index (χ2v) is 6.10. The molecule has 0 aliphatic carbocycles. The number of aromatic nitrogens is 2. The van der Waals surface area contributed by atoms with Crippen LogP contribution in [0, 0.1) is 0 Å². The number of piperazine rings is 1. The lowest BCUT2D eigenvalue weighted by atomic mass is 10.1. The summed E-state index contributed by atoms with van der Waals surface area (Å²) in [4.78, 5) is 7.88. The third kappa shape index (κ3) is 3.58. The van der Waals surface area contributed by atoms with Crippen LogP contribution >= 0.6 is 23.7 Å². The second kappa shape index (κ2) is 6.67. The van der Waals surface area contributed by atoms with Crippen LogP contribution in [0.4, 0.5) is 0 Å². The molecule has 110 valence electrons. The van der Waals surface area contributed by atoms with Crippen LogP contribution in [0.3, 0.4) is 0 Å². The first kappa shape index (κ1) is 15.4. The van der Waals surface area contributed by atoms with E-state index in [0.29, 0.717) is 23.8 Å². The van der Waals surface area contributed by atoms with E-state index in [4.69, 9.17) is 4.52 Å². The highest BCUT2D eigenvalue weighted by Gasteiger charge is 2.22. The Kier molecular flexibility index (Phi) is 5.15. The van der Waals surface area contributed by atoms with Crippen LogP contribution in [0.1, 0.15) is 19.7 Å². The van der Waals surface area contributed by atoms with E-state index in [1.54, 1.807) is 11.3 Å². The number of nitrogens with zero attached hydrogens (tertiary/aromatic N) is 3. The average Bonchev–Trinajstić information content (AvgIpc) is 2.96. The van der Waals surface area contributed by atoms with Crippen LogP contribution in [-0.4, -0.2) is 40.2 Å². The van der Waals surface area contributed by atoms with Gasteiger partial charge in [-0.15, -0.1) is 23.7 Å². The molecule has 3 rings (SSSR count). The van der Waals surface area contributed by atoms with Gasteiger partial charge in [-0.1, -0.05) is 11.2 Å². The van der Waals surface area contributed by atoms with Gasteiger partial charge >= 0.3 is 0 Å². The Labute approximate surface area is 128 Å². The van der Waals surface area contributed by atoms with Crippen molar-refractivity contribution in [2.45, 2.75) is 32.5 Å². The van der Waals surface area contributed by atoms with Crippen LogP contribution in [-0.2, 0) is 6.54 Å². The van der Waals surface area contributed by atoms with Gasteiger partial charge in [-0.3, -0.25) is 4.90 Å². The standard InChI is InChI=1S/C13H18N4OS.ClH/c1-9-6-17(7-10(2)14-9)8-12-15-13(16-18-12)11-4-3-5-19-11;/h3-5,9-10,14H,6-8H2,1-2H3;1H. The highest BCUT2D eigenvalue weighted by atomic mass is 35.5. The van der Waals surface area contributed by atoms with E-state index in [-0.39, 0.29) is 12.4 Å². The van der Waals surface area contributed by atoms with Crippen LogP contribution < -0.4 is 5.32 Å². The monoisotopic (exact) mass is 314 g/mol. The highest BCUT2D eigenvalue weighted by Crippen LogP contribution is 2.21. The maximum Gasteiger partial charge on any atom is 0.241 e. The number of rotatable bonds is 3. The van der Waals surface area contributed by atoms with E-state index in [2.05, 4.69) is 34.2 Å². The van der Waals surface area contributed by atoms with Crippen molar-refractivity contribution < 1.29 is 4.52 Å². The number of hydrogen-bond acceptors (Lipinski definition) is 6. The molecule has 3 heterocycles. The lowest BCUT2D eigenvalue weighted by molar-refractivity contribution is 0.149. The summed E-state index contributed by atoms with van der Waals surface area (Å²) in [7, 11) is 0. The minimum Gasteiger partial charge on any atom is -0.338 e. The predicted octanol–water partition coefficient (Wildman–Crippen LogP) is 2.40. The van der Waals surface area contributed by atoms with Crippen LogP contribution in [0.25, 0.3) is 10.7 Å². The van der Waals surface area contributed by atoms with Crippen LogP contribution in [0.2, 0.25) is 0 Å². The van der Waals surface area contributed by atoms with Gasteiger partial charge in [0.25, 0.3) is 0 Å². The zero-order valence-corrected chi connectivity index (χ0v) is 13.2. The largest absolute Gasteiger partial charge is 0.338 e. The van der Waals surface area contributed by atoms with Gasteiger partial charge < -0.3 is 9.84 Å². The molecular weight excluding hydrogens is 296 g/mol. The maximum atomic E-state index is 5.35. The summed E-state index contributed by atoms with van der Waals surface area (Å²) in [6, 6.07) is 5.01. The smallest absolute Gasteiger partial charge is 0.241 e. The molecule has 20 heavy (non-hydrogen) atoms. The maximum absolute atomic E-state index is 5.35. The average molecular weight is 315 g/mol. The fourth-order valence-electron chi connectivity index (χ4n) is 2.59. The van der Waals surface area contributed by atoms with Gasteiger partial charge in [0.15, 0.2) is 0 Å². The SMILES string of the molecule is CC1CN(Cc2nc(-c3cccs3)no2)CC(C)N1.Cl. The number of hydrogen-bond donors (Lipinski definition) is 1. The van der Waals surface area contributed by atoms with Gasteiger partial charge in [0, 0.05) is 25.2 Å². The van der Waals surface area contributed by atoms with Crippen molar-refractivity contribution in [3.8, 4) is 10.7 Å². The topological polar surface area (TPSA) is 54.2 Å². The number of thiophene rings is 1. The molecular formula is C13H19ClN4OS. The van der Waals surface area contributed by atoms with Gasteiger partial charge in [-0.25, -0.2) is 0 Å². The molecule has 5 nitrogen and oxygen atoms in total. The van der Waals surface area contributed by atoms with Crippen molar-refractivity contribution in [2.24, 2.45) is 0 Å². The molecule has 0 saturated carbocycles. The fourth-order valence-corrected chi connectivity index (χ4v) is 3.23. The number of nitrogens with one attached hydrogen (secondary N) is 1. The zero-order chi connectivity index (χ0) is 13.2. The van der Waals surface area contributed by atoms with Crippen LogP contribution in [0.15, 0.2) is 22.0 Å². The molecule has 0 radical (unpaired) electrons. The summed E-state index contributed by atoms with van der Waals surface area (Å²) in [5.41, 5.74) is 0. The quantitative estimate of drug-likeness (QED) is 0.943. The minimum atomic E-state index is 0. The molecule has 1 N–H and O–H groups in total. The molecule has 1 aliphatic rings. The Morgan fingerprint density at radius 2 is 2.15 bits per heavy atom. The second-order valence-electron chi connectivity index (χ2n) is 5.15. The van der Waals surface area contributed by atoms with E-state index in [0.717, 1.165) is 24.5 Å². The van der Waals surface area contributed by atoms with Crippen molar-refractivity contribution in [3.63, 3.8) is 0 Å². The lowest BCUT2D eigenvalue weighted by Crippen LogP contribution is -2.53. The summed E-state index contributed by atoms with van der Waals surface area (Å²) in [5.74, 6) is 1.39. The molecule has 2 aromatic heterocycles. The van der Waals surface area contributed by atoms with Crippen molar-refractivity contribution in [3.05, 3.63) is 23.4 Å². The van der Waals surface area contributed by atoms with Crippen LogP contribution in [0.5, 0.6) is 0 Å². The Balaban J connectivity index is 0.00000147. The normalized spacial score (nSPS) is 23.5. The molecule has 7 heteroatoms. The third-order valence-electron chi connectivity index (χ3n) is 3.20. The lowest BCUT2D eigenvalue weighted by Gasteiger charge is -2.35. The van der Waals surface area contributed by atoms with Gasteiger partial charge in [0.05, 0.1) is 11.4 Å². The van der Waals surface area contributed by atoms with Gasteiger partial charge in [-0.2, -0.15) is 4.98 Å². The first-order chi connectivity index (χ1) is 9.20. The van der Waals surface area contributed by atoms with Crippen molar-refractivity contribution in [1.82, 2.24) is 20.4 Å². The molecule has 1 saturated heterocycles. The zero-order valence-electron chi connectivity index (χ0n) is 11.6. The summed E-state index contributed by atoms with van der Waals surface area (Å²) < 4.78 is 5.35. The van der Waals surface area contributed by atoms with Gasteiger partial charge in [-0.05, 0) is 25.3 Å². The molecule has 2 unspecified atom stereocenters. The Morgan fingerprint density at radius 1 is 1.40 bits per heavy atom. The Morgan fingerprint density at radius 3 is 2.80 bits per heavy atom.